The van der Waals surface area contributed by atoms with E-state index in [0.717, 1.165) is 31.9 Å². The molecular formula is C23H29N3O4S. The van der Waals surface area contributed by atoms with E-state index < -0.39 is 10.0 Å². The van der Waals surface area contributed by atoms with Crippen LogP contribution in [0.15, 0.2) is 54.6 Å². The number of sulfonamides is 1. The number of benzene rings is 2. The summed E-state index contributed by atoms with van der Waals surface area (Å²) in [6.45, 7) is 1.62. The highest BCUT2D eigenvalue weighted by molar-refractivity contribution is 7.92. The Kier molecular flexibility index (Phi) is 7.68. The molecule has 2 amide bonds. The molecule has 0 unspecified atom stereocenters. The highest BCUT2D eigenvalue weighted by Crippen LogP contribution is 2.20. The van der Waals surface area contributed by atoms with Crippen LogP contribution in [0.25, 0.3) is 0 Å². The summed E-state index contributed by atoms with van der Waals surface area (Å²) >= 11 is 0. The zero-order valence-electron chi connectivity index (χ0n) is 17.7. The zero-order valence-corrected chi connectivity index (χ0v) is 18.5. The smallest absolute Gasteiger partial charge is 0.253 e. The number of carbonyl (C=O) groups excluding carboxylic acids is 2. The quantitative estimate of drug-likeness (QED) is 0.613. The third kappa shape index (κ3) is 7.10. The Hall–Kier alpha value is -2.87. The molecule has 1 fully saturated rings. The summed E-state index contributed by atoms with van der Waals surface area (Å²) in [5, 5.41) is 3.01. The Bertz CT molecular complexity index is 991. The van der Waals surface area contributed by atoms with E-state index in [1.807, 2.05) is 18.2 Å². The summed E-state index contributed by atoms with van der Waals surface area (Å²) in [4.78, 5) is 27.1. The van der Waals surface area contributed by atoms with E-state index in [1.165, 1.54) is 5.56 Å². The molecule has 1 heterocycles. The lowest BCUT2D eigenvalue weighted by Crippen LogP contribution is -2.45. The van der Waals surface area contributed by atoms with Gasteiger partial charge in [-0.25, -0.2) is 8.42 Å². The Morgan fingerprint density at radius 3 is 2.45 bits per heavy atom. The van der Waals surface area contributed by atoms with E-state index in [9.17, 15) is 18.0 Å². The van der Waals surface area contributed by atoms with Crippen molar-refractivity contribution in [3.8, 4) is 0 Å². The summed E-state index contributed by atoms with van der Waals surface area (Å²) in [6, 6.07) is 16.5. The third-order valence-corrected chi connectivity index (χ3v) is 5.91. The van der Waals surface area contributed by atoms with Gasteiger partial charge in [0.15, 0.2) is 0 Å². The van der Waals surface area contributed by atoms with E-state index in [1.54, 1.807) is 29.2 Å². The van der Waals surface area contributed by atoms with Crippen molar-refractivity contribution in [1.82, 2.24) is 10.2 Å². The van der Waals surface area contributed by atoms with Crippen LogP contribution in [-0.4, -0.2) is 51.0 Å². The SMILES string of the molecule is CS(=O)(=O)Nc1ccc(C(=O)N2CCC[C@@H](C(=O)NCCCc3ccccc3)C2)cc1. The summed E-state index contributed by atoms with van der Waals surface area (Å²) in [6.07, 6.45) is 4.42. The molecule has 1 saturated heterocycles. The predicted octanol–water partition coefficient (Wildman–Crippen LogP) is 2.66. The van der Waals surface area contributed by atoms with Crippen molar-refractivity contribution in [3.63, 3.8) is 0 Å². The Balaban J connectivity index is 1.48. The zero-order chi connectivity index (χ0) is 22.3. The molecular weight excluding hydrogens is 414 g/mol. The molecule has 0 spiro atoms. The van der Waals surface area contributed by atoms with Crippen molar-refractivity contribution >= 4 is 27.5 Å². The number of carbonyl (C=O) groups is 2. The molecule has 31 heavy (non-hydrogen) atoms. The molecule has 0 aliphatic carbocycles. The first-order valence-electron chi connectivity index (χ1n) is 10.5. The molecule has 0 bridgehead atoms. The molecule has 2 aromatic carbocycles. The minimum atomic E-state index is -3.36. The third-order valence-electron chi connectivity index (χ3n) is 5.30. The molecule has 1 atom stereocenters. The Morgan fingerprint density at radius 2 is 1.77 bits per heavy atom. The van der Waals surface area contributed by atoms with Gasteiger partial charge < -0.3 is 10.2 Å². The maximum absolute atomic E-state index is 12.8. The number of rotatable bonds is 8. The van der Waals surface area contributed by atoms with Gasteiger partial charge in [-0.1, -0.05) is 30.3 Å². The van der Waals surface area contributed by atoms with E-state index >= 15 is 0 Å². The lowest BCUT2D eigenvalue weighted by molar-refractivity contribution is -0.126. The number of likely N-dealkylation sites (tertiary alicyclic amines) is 1. The van der Waals surface area contributed by atoms with E-state index in [-0.39, 0.29) is 17.7 Å². The largest absolute Gasteiger partial charge is 0.356 e. The van der Waals surface area contributed by atoms with Crippen LogP contribution in [0.1, 0.15) is 35.2 Å². The Labute approximate surface area is 183 Å². The summed E-state index contributed by atoms with van der Waals surface area (Å²) in [5.74, 6) is -0.355. The van der Waals surface area contributed by atoms with Crippen LogP contribution in [0.5, 0.6) is 0 Å². The Morgan fingerprint density at radius 1 is 1.06 bits per heavy atom. The van der Waals surface area contributed by atoms with E-state index in [0.29, 0.717) is 30.9 Å². The molecule has 0 saturated carbocycles. The second-order valence-corrected chi connectivity index (χ2v) is 9.67. The van der Waals surface area contributed by atoms with Gasteiger partial charge in [0.2, 0.25) is 15.9 Å². The number of piperidine rings is 1. The lowest BCUT2D eigenvalue weighted by atomic mass is 9.96. The minimum absolute atomic E-state index is 0.00161. The highest BCUT2D eigenvalue weighted by atomic mass is 32.2. The number of anilines is 1. The van der Waals surface area contributed by atoms with Crippen LogP contribution >= 0.6 is 0 Å². The van der Waals surface area contributed by atoms with Crippen LogP contribution in [0.4, 0.5) is 5.69 Å². The standard InChI is InChI=1S/C23H29N3O4S/c1-31(29,30)25-21-13-11-19(12-14-21)23(28)26-16-6-10-20(17-26)22(27)24-15-5-9-18-7-3-2-4-8-18/h2-4,7-8,11-14,20,25H,5-6,9-10,15-17H2,1H3,(H,24,27)/t20-/m1/s1. The predicted molar refractivity (Wildman–Crippen MR) is 121 cm³/mol. The fourth-order valence-corrected chi connectivity index (χ4v) is 4.31. The first-order chi connectivity index (χ1) is 14.8. The van der Waals surface area contributed by atoms with Crippen LogP contribution in [0.2, 0.25) is 0 Å². The van der Waals surface area contributed by atoms with Crippen LogP contribution in [0, 0.1) is 5.92 Å². The molecule has 2 N–H and O–H groups in total. The van der Waals surface area contributed by atoms with Crippen molar-refractivity contribution < 1.29 is 18.0 Å². The number of hydrogen-bond acceptors (Lipinski definition) is 4. The number of aryl methyl sites for hydroxylation is 1. The second-order valence-electron chi connectivity index (χ2n) is 7.92. The molecule has 2 aromatic rings. The van der Waals surface area contributed by atoms with Gasteiger partial charge in [0, 0.05) is 30.9 Å². The van der Waals surface area contributed by atoms with Crippen molar-refractivity contribution in [2.24, 2.45) is 5.92 Å². The average molecular weight is 444 g/mol. The summed E-state index contributed by atoms with van der Waals surface area (Å²) < 4.78 is 25.0. The summed E-state index contributed by atoms with van der Waals surface area (Å²) in [5.41, 5.74) is 2.14. The van der Waals surface area contributed by atoms with Crippen molar-refractivity contribution in [3.05, 3.63) is 65.7 Å². The van der Waals surface area contributed by atoms with Gasteiger partial charge in [-0.05, 0) is 55.5 Å². The second kappa shape index (κ2) is 10.4. The molecule has 0 aromatic heterocycles. The van der Waals surface area contributed by atoms with Crippen molar-refractivity contribution in [2.45, 2.75) is 25.7 Å². The van der Waals surface area contributed by atoms with Crippen LogP contribution in [0.3, 0.4) is 0 Å². The number of hydrogen-bond donors (Lipinski definition) is 2. The molecule has 7 nitrogen and oxygen atoms in total. The molecule has 8 heteroatoms. The first kappa shape index (κ1) is 22.8. The molecule has 3 rings (SSSR count). The van der Waals surface area contributed by atoms with Gasteiger partial charge in [0.05, 0.1) is 12.2 Å². The molecule has 1 aliphatic rings. The topological polar surface area (TPSA) is 95.6 Å². The van der Waals surface area contributed by atoms with Gasteiger partial charge in [-0.2, -0.15) is 0 Å². The molecule has 166 valence electrons. The fourth-order valence-electron chi connectivity index (χ4n) is 3.75. The average Bonchev–Trinajstić information content (AvgIpc) is 2.76. The van der Waals surface area contributed by atoms with Crippen LogP contribution < -0.4 is 10.0 Å². The van der Waals surface area contributed by atoms with Gasteiger partial charge >= 0.3 is 0 Å². The fraction of sp³-hybridized carbons (Fsp3) is 0.391. The van der Waals surface area contributed by atoms with Crippen molar-refractivity contribution in [2.75, 3.05) is 30.6 Å². The van der Waals surface area contributed by atoms with Crippen LogP contribution in [-0.2, 0) is 21.2 Å². The summed E-state index contributed by atoms with van der Waals surface area (Å²) in [7, 11) is -3.36. The van der Waals surface area contributed by atoms with E-state index in [2.05, 4.69) is 22.2 Å². The number of nitrogens with zero attached hydrogens (tertiary/aromatic N) is 1. The number of nitrogens with one attached hydrogen (secondary N) is 2. The van der Waals surface area contributed by atoms with E-state index in [4.69, 9.17) is 0 Å². The van der Waals surface area contributed by atoms with Gasteiger partial charge in [-0.3, -0.25) is 14.3 Å². The maximum atomic E-state index is 12.8. The van der Waals surface area contributed by atoms with Gasteiger partial charge in [0.25, 0.3) is 5.91 Å². The lowest BCUT2D eigenvalue weighted by Gasteiger charge is -2.32. The minimum Gasteiger partial charge on any atom is -0.356 e. The highest BCUT2D eigenvalue weighted by Gasteiger charge is 2.28. The van der Waals surface area contributed by atoms with Gasteiger partial charge in [-0.15, -0.1) is 0 Å². The maximum Gasteiger partial charge on any atom is 0.253 e. The van der Waals surface area contributed by atoms with Crippen molar-refractivity contribution in [1.29, 1.82) is 0 Å². The molecule has 1 aliphatic heterocycles. The number of amides is 2. The first-order valence-corrected chi connectivity index (χ1v) is 12.4. The molecule has 0 radical (unpaired) electrons. The monoisotopic (exact) mass is 443 g/mol. The van der Waals surface area contributed by atoms with Gasteiger partial charge in [0.1, 0.15) is 0 Å². The normalized spacial score (nSPS) is 16.5.